The van der Waals surface area contributed by atoms with Crippen molar-refractivity contribution in [1.29, 1.82) is 0 Å². The van der Waals surface area contributed by atoms with Crippen molar-refractivity contribution in [2.24, 2.45) is 0 Å². The molecule has 1 aromatic heterocycles. The van der Waals surface area contributed by atoms with Gasteiger partial charge in [0.2, 0.25) is 0 Å². The van der Waals surface area contributed by atoms with Gasteiger partial charge in [-0.2, -0.15) is 9.78 Å². The van der Waals surface area contributed by atoms with Gasteiger partial charge in [-0.15, -0.1) is 0 Å². The molecule has 39 heavy (non-hydrogen) atoms. The normalized spacial score (nSPS) is 13.2. The zero-order valence-electron chi connectivity index (χ0n) is 22.2. The summed E-state index contributed by atoms with van der Waals surface area (Å²) in [6.45, 7) is 6.64. The van der Waals surface area contributed by atoms with Crippen LogP contribution in [0.1, 0.15) is 66.7 Å². The van der Waals surface area contributed by atoms with E-state index in [0.717, 1.165) is 29.7 Å². The molecule has 8 heteroatoms. The van der Waals surface area contributed by atoms with Crippen molar-refractivity contribution in [3.8, 4) is 17.0 Å². The number of carbonyl (C=O) groups excluding carboxylic acids is 2. The van der Waals surface area contributed by atoms with Crippen molar-refractivity contribution in [2.45, 2.75) is 51.5 Å². The van der Waals surface area contributed by atoms with Crippen LogP contribution in [0.2, 0.25) is 5.02 Å². The third kappa shape index (κ3) is 5.99. The van der Waals surface area contributed by atoms with Crippen LogP contribution in [-0.4, -0.2) is 26.8 Å². The highest BCUT2D eigenvalue weighted by Gasteiger charge is 2.31. The summed E-state index contributed by atoms with van der Waals surface area (Å²) in [7, 11) is 0. The zero-order valence-corrected chi connectivity index (χ0v) is 22.9. The Labute approximate surface area is 232 Å². The molecule has 0 radical (unpaired) electrons. The number of rotatable bonds is 6. The second-order valence-corrected chi connectivity index (χ2v) is 11.3. The van der Waals surface area contributed by atoms with Gasteiger partial charge in [0.05, 0.1) is 11.4 Å². The van der Waals surface area contributed by atoms with E-state index in [1.165, 1.54) is 10.7 Å². The summed E-state index contributed by atoms with van der Waals surface area (Å²) < 4.78 is 1.38. The minimum absolute atomic E-state index is 0.000721. The summed E-state index contributed by atoms with van der Waals surface area (Å²) in [6, 6.07) is 21.2. The van der Waals surface area contributed by atoms with E-state index in [-0.39, 0.29) is 35.6 Å². The molecule has 0 aliphatic heterocycles. The van der Waals surface area contributed by atoms with E-state index < -0.39 is 0 Å². The van der Waals surface area contributed by atoms with Crippen LogP contribution in [0.5, 0.6) is 5.75 Å². The van der Waals surface area contributed by atoms with Crippen molar-refractivity contribution in [3.05, 3.63) is 100 Å². The third-order valence-electron chi connectivity index (χ3n) is 6.86. The average Bonchev–Trinajstić information content (AvgIpc) is 3.66. The first-order chi connectivity index (χ1) is 18.6. The van der Waals surface area contributed by atoms with Crippen LogP contribution in [0.25, 0.3) is 11.3 Å². The Balaban J connectivity index is 1.32. The lowest BCUT2D eigenvalue weighted by molar-refractivity contribution is 0.102. The third-order valence-corrected chi connectivity index (χ3v) is 7.23. The smallest absolute Gasteiger partial charge is 0.342 e. The Morgan fingerprint density at radius 2 is 1.74 bits per heavy atom. The molecule has 0 unspecified atom stereocenters. The van der Waals surface area contributed by atoms with Crippen LogP contribution in [-0.2, 0) is 12.0 Å². The van der Waals surface area contributed by atoms with E-state index in [1.807, 2.05) is 36.4 Å². The van der Waals surface area contributed by atoms with Gasteiger partial charge >= 0.3 is 6.03 Å². The molecule has 7 nitrogen and oxygen atoms in total. The number of nitrogens with zero attached hydrogens (tertiary/aromatic N) is 2. The molecule has 1 aliphatic rings. The number of benzene rings is 3. The van der Waals surface area contributed by atoms with Crippen molar-refractivity contribution >= 4 is 29.2 Å². The zero-order chi connectivity index (χ0) is 27.7. The van der Waals surface area contributed by atoms with Crippen molar-refractivity contribution in [2.75, 3.05) is 5.32 Å². The molecule has 2 amide bonds. The first kappa shape index (κ1) is 26.5. The monoisotopic (exact) mass is 542 g/mol. The van der Waals surface area contributed by atoms with E-state index in [4.69, 9.17) is 11.6 Å². The van der Waals surface area contributed by atoms with Crippen LogP contribution in [0.3, 0.4) is 0 Å². The van der Waals surface area contributed by atoms with Gasteiger partial charge < -0.3 is 15.7 Å². The molecule has 1 saturated carbocycles. The number of amides is 2. The van der Waals surface area contributed by atoms with Crippen LogP contribution in [0.4, 0.5) is 10.5 Å². The minimum Gasteiger partial charge on any atom is -0.507 e. The summed E-state index contributed by atoms with van der Waals surface area (Å²) in [5, 5.41) is 21.6. The van der Waals surface area contributed by atoms with Crippen LogP contribution in [0.15, 0.2) is 72.8 Å². The average molecular weight is 543 g/mol. The van der Waals surface area contributed by atoms with Crippen molar-refractivity contribution < 1.29 is 14.7 Å². The quantitative estimate of drug-likeness (QED) is 0.242. The number of phenolic OH excluding ortho intramolecular Hbond substituents is 1. The molecule has 3 N–H and O–H groups in total. The molecule has 1 fully saturated rings. The maximum Gasteiger partial charge on any atom is 0.342 e. The Kier molecular flexibility index (Phi) is 7.19. The molecule has 0 atom stereocenters. The molecule has 1 aliphatic carbocycles. The molecule has 1 heterocycles. The highest BCUT2D eigenvalue weighted by atomic mass is 35.5. The number of phenols is 1. The van der Waals surface area contributed by atoms with E-state index >= 15 is 0 Å². The van der Waals surface area contributed by atoms with E-state index in [0.29, 0.717) is 27.5 Å². The van der Waals surface area contributed by atoms with Gasteiger partial charge in [0.15, 0.2) is 0 Å². The van der Waals surface area contributed by atoms with Crippen molar-refractivity contribution in [1.82, 2.24) is 15.1 Å². The number of nitrogens with one attached hydrogen (secondary N) is 2. The molecule has 4 aromatic rings. The summed E-state index contributed by atoms with van der Waals surface area (Å²) >= 11 is 6.22. The van der Waals surface area contributed by atoms with Crippen molar-refractivity contribution in [3.63, 3.8) is 0 Å². The molecular weight excluding hydrogens is 512 g/mol. The standard InChI is InChI=1S/C31H31ClN4O3/c1-31(2,3)22-12-10-20(11-13-22)29(38)34-23-14-15-24(28(37)16-23)26-17-27(19-8-9-19)36(35-26)30(39)33-18-21-6-4-5-7-25(21)32/h4-7,10-17,19,37H,8-9,18H2,1-3H3,(H,33,39)(H,34,38). The Morgan fingerprint density at radius 1 is 1.03 bits per heavy atom. The highest BCUT2D eigenvalue weighted by Crippen LogP contribution is 2.42. The first-order valence-electron chi connectivity index (χ1n) is 13.0. The SMILES string of the molecule is CC(C)(C)c1ccc(C(=O)Nc2ccc(-c3cc(C4CC4)n(C(=O)NCc4ccccc4Cl)n3)c(O)c2)cc1. The highest BCUT2D eigenvalue weighted by molar-refractivity contribution is 6.31. The second kappa shape index (κ2) is 10.6. The molecule has 0 saturated heterocycles. The van der Waals surface area contributed by atoms with Gasteiger partial charge in [-0.3, -0.25) is 4.79 Å². The van der Waals surface area contributed by atoms with Gasteiger partial charge in [0.25, 0.3) is 5.91 Å². The number of aromatic hydroxyl groups is 1. The summed E-state index contributed by atoms with van der Waals surface area (Å²) in [5.41, 5.74) is 4.70. The molecule has 0 spiro atoms. The Bertz CT molecular complexity index is 1530. The van der Waals surface area contributed by atoms with Gasteiger partial charge in [-0.25, -0.2) is 4.79 Å². The van der Waals surface area contributed by atoms with Gasteiger partial charge in [0, 0.05) is 40.4 Å². The fourth-order valence-corrected chi connectivity index (χ4v) is 4.60. The Morgan fingerprint density at radius 3 is 2.38 bits per heavy atom. The topological polar surface area (TPSA) is 96.3 Å². The predicted molar refractivity (Wildman–Crippen MR) is 153 cm³/mol. The molecule has 5 rings (SSSR count). The van der Waals surface area contributed by atoms with Gasteiger partial charge in [0.1, 0.15) is 5.75 Å². The van der Waals surface area contributed by atoms with E-state index in [1.54, 1.807) is 30.3 Å². The lowest BCUT2D eigenvalue weighted by Crippen LogP contribution is -2.30. The molecular formula is C31H31ClN4O3. The summed E-state index contributed by atoms with van der Waals surface area (Å²) in [6.07, 6.45) is 1.97. The predicted octanol–water partition coefficient (Wildman–Crippen LogP) is 7.09. The number of hydrogen-bond donors (Lipinski definition) is 3. The van der Waals surface area contributed by atoms with Crippen LogP contribution < -0.4 is 10.6 Å². The molecule has 0 bridgehead atoms. The number of hydrogen-bond acceptors (Lipinski definition) is 4. The fraction of sp³-hybridized carbons (Fsp3) is 0.258. The molecule has 200 valence electrons. The fourth-order valence-electron chi connectivity index (χ4n) is 4.40. The first-order valence-corrected chi connectivity index (χ1v) is 13.3. The lowest BCUT2D eigenvalue weighted by Gasteiger charge is -2.19. The number of aromatic nitrogens is 2. The minimum atomic E-state index is -0.357. The molecule has 3 aromatic carbocycles. The second-order valence-electron chi connectivity index (χ2n) is 10.9. The maximum atomic E-state index is 13.0. The number of halogens is 1. The van der Waals surface area contributed by atoms with Crippen LogP contribution >= 0.6 is 11.6 Å². The number of anilines is 1. The van der Waals surface area contributed by atoms with E-state index in [2.05, 4.69) is 36.5 Å². The summed E-state index contributed by atoms with van der Waals surface area (Å²) in [4.78, 5) is 25.8. The van der Waals surface area contributed by atoms with Gasteiger partial charge in [-0.05, 0) is 65.8 Å². The van der Waals surface area contributed by atoms with Gasteiger partial charge in [-0.1, -0.05) is 62.7 Å². The Hall–Kier alpha value is -4.10. The maximum absolute atomic E-state index is 13.0. The lowest BCUT2D eigenvalue weighted by atomic mass is 9.87. The van der Waals surface area contributed by atoms with E-state index in [9.17, 15) is 14.7 Å². The largest absolute Gasteiger partial charge is 0.507 e. The van der Waals surface area contributed by atoms with Crippen LogP contribution in [0, 0.1) is 0 Å². The summed E-state index contributed by atoms with van der Waals surface area (Å²) in [5.74, 6) is -0.0554. The number of carbonyl (C=O) groups is 2.